The maximum Gasteiger partial charge on any atom is 0.311 e. The maximum atomic E-state index is 11.2. The summed E-state index contributed by atoms with van der Waals surface area (Å²) in [5.74, 6) is 7.88. The average molecular weight is 1260 g/mol. The molecule has 13 unspecified atom stereocenters. The first-order chi connectivity index (χ1) is 35.3. The molecule has 13 atom stereocenters. The first-order valence-electron chi connectivity index (χ1n) is 31.7. The Hall–Kier alpha value is 0.751. The van der Waals surface area contributed by atoms with E-state index in [2.05, 4.69) is 117 Å². The lowest BCUT2D eigenvalue weighted by Crippen LogP contribution is -3.00. The van der Waals surface area contributed by atoms with Gasteiger partial charge in [-0.3, -0.25) is 0 Å². The van der Waals surface area contributed by atoms with Crippen LogP contribution in [-0.2, 0) is 17.7 Å². The number of rotatable bonds is 36. The molecule has 0 bridgehead atoms. The zero-order valence-corrected chi connectivity index (χ0v) is 57.1. The number of aliphatic hydroxyl groups excluding tert-OH is 3. The Balaban J connectivity index is -0.00000892. The molecule has 3 N–H and O–H groups in total. The van der Waals surface area contributed by atoms with E-state index in [0.29, 0.717) is 33.0 Å². The van der Waals surface area contributed by atoms with Gasteiger partial charge < -0.3 is 81.5 Å². The SMILES string of the molecule is C.C.C.C.C.CCC(O)CN1CC(CC)C(CCC2C[N+](C)(C)CC2CCC2CN(CC(O)COCCC[Si](C)(C)O[Si](C)(C)O[Si](C)(C)CCCOCC(O)CN3CC(CC)C(CCC4C[N+](C)(C)CC4CC)C3)CC2CC)C1.[Cl-].[Cl-]. The maximum absolute atomic E-state index is 11.2. The van der Waals surface area contributed by atoms with Crippen molar-refractivity contribution in [2.24, 2.45) is 59.2 Å². The molecule has 0 spiro atoms. The van der Waals surface area contributed by atoms with Gasteiger partial charge in [0.1, 0.15) is 0 Å². The Morgan fingerprint density at radius 3 is 0.988 bits per heavy atom. The highest BCUT2D eigenvalue weighted by Gasteiger charge is 2.44. The Morgan fingerprint density at radius 1 is 0.415 bits per heavy atom. The van der Waals surface area contributed by atoms with Crippen LogP contribution in [0.15, 0.2) is 0 Å². The molecule has 498 valence electrons. The summed E-state index contributed by atoms with van der Waals surface area (Å²) in [5, 5.41) is 32.5. The van der Waals surface area contributed by atoms with Gasteiger partial charge in [-0.1, -0.05) is 91.0 Å². The quantitative estimate of drug-likeness (QED) is 0.0349. The van der Waals surface area contributed by atoms with Gasteiger partial charge in [-0.05, 0) is 151 Å². The highest BCUT2D eigenvalue weighted by atomic mass is 35.5. The van der Waals surface area contributed by atoms with Crippen molar-refractivity contribution < 1.29 is 66.8 Å². The normalized spacial score (nSPS) is 28.6. The lowest BCUT2D eigenvalue weighted by Gasteiger charge is -2.38. The van der Waals surface area contributed by atoms with Gasteiger partial charge in [0.25, 0.3) is 0 Å². The first kappa shape index (κ1) is 87.0. The number of ether oxygens (including phenoxy) is 2. The summed E-state index contributed by atoms with van der Waals surface area (Å²) in [6, 6.07) is 2.04. The number of quaternary nitrogens is 2. The Morgan fingerprint density at radius 2 is 0.683 bits per heavy atom. The van der Waals surface area contributed by atoms with Crippen molar-refractivity contribution in [3.63, 3.8) is 0 Å². The summed E-state index contributed by atoms with van der Waals surface area (Å²) in [6.07, 6.45) is 14.8. The van der Waals surface area contributed by atoms with Crippen molar-refractivity contribution in [2.75, 3.05) is 140 Å². The molecule has 5 saturated heterocycles. The minimum absolute atomic E-state index is 0. The summed E-state index contributed by atoms with van der Waals surface area (Å²) in [6.45, 7) is 41.8. The van der Waals surface area contributed by atoms with Crippen molar-refractivity contribution >= 4 is 25.2 Å². The second kappa shape index (κ2) is 40.5. The van der Waals surface area contributed by atoms with E-state index in [9.17, 15) is 15.3 Å². The summed E-state index contributed by atoms with van der Waals surface area (Å²) in [4.78, 5) is 7.60. The van der Waals surface area contributed by atoms with E-state index in [1.54, 1.807) is 0 Å². The number of likely N-dealkylation sites (tertiary alicyclic amines) is 5. The molecular formula is C65H145Cl2N5O7Si3. The van der Waals surface area contributed by atoms with Gasteiger partial charge in [0.05, 0.1) is 85.9 Å². The molecule has 0 saturated carbocycles. The molecule has 5 aliphatic rings. The number of halogens is 2. The summed E-state index contributed by atoms with van der Waals surface area (Å²) in [7, 11) is 3.42. The van der Waals surface area contributed by atoms with E-state index < -0.39 is 37.4 Å². The van der Waals surface area contributed by atoms with Crippen LogP contribution in [0, 0.1) is 59.2 Å². The molecule has 82 heavy (non-hydrogen) atoms. The van der Waals surface area contributed by atoms with Crippen LogP contribution in [0.4, 0.5) is 0 Å². The average Bonchev–Trinajstić information content (AvgIpc) is 4.14. The second-order valence-electron chi connectivity index (χ2n) is 29.1. The molecule has 5 aliphatic heterocycles. The fourth-order valence-electron chi connectivity index (χ4n) is 16.2. The molecule has 5 heterocycles. The number of nitrogens with zero attached hydrogens (tertiary/aromatic N) is 5. The lowest BCUT2D eigenvalue weighted by atomic mass is 9.80. The minimum Gasteiger partial charge on any atom is -1.00 e. The lowest BCUT2D eigenvalue weighted by molar-refractivity contribution is -0.880. The van der Waals surface area contributed by atoms with Crippen LogP contribution in [0.5, 0.6) is 0 Å². The highest BCUT2D eigenvalue weighted by Crippen LogP contribution is 2.41. The zero-order chi connectivity index (χ0) is 55.2. The Kier molecular flexibility index (Phi) is 42.9. The van der Waals surface area contributed by atoms with Crippen molar-refractivity contribution in [1.82, 2.24) is 14.7 Å². The van der Waals surface area contributed by atoms with Crippen molar-refractivity contribution in [3.05, 3.63) is 0 Å². The van der Waals surface area contributed by atoms with Crippen molar-refractivity contribution in [3.8, 4) is 0 Å². The Bertz CT molecular complexity index is 1630. The minimum atomic E-state index is -2.35. The third-order valence-electron chi connectivity index (χ3n) is 19.7. The van der Waals surface area contributed by atoms with Crippen LogP contribution >= 0.6 is 0 Å². The molecule has 0 aromatic heterocycles. The van der Waals surface area contributed by atoms with Gasteiger partial charge in [0.15, 0.2) is 16.6 Å². The molecule has 0 aliphatic carbocycles. The van der Waals surface area contributed by atoms with Gasteiger partial charge in [-0.25, -0.2) is 0 Å². The van der Waals surface area contributed by atoms with Crippen LogP contribution in [0.1, 0.15) is 155 Å². The van der Waals surface area contributed by atoms with Gasteiger partial charge >= 0.3 is 8.56 Å². The van der Waals surface area contributed by atoms with Gasteiger partial charge in [0.2, 0.25) is 0 Å². The predicted octanol–water partition coefficient (Wildman–Crippen LogP) is 6.90. The fourth-order valence-corrected chi connectivity index (χ4v) is 30.2. The van der Waals surface area contributed by atoms with Gasteiger partial charge in [-0.15, -0.1) is 0 Å². The third-order valence-corrected chi connectivity index (χ3v) is 31.2. The molecule has 5 rings (SSSR count). The van der Waals surface area contributed by atoms with Crippen molar-refractivity contribution in [1.29, 1.82) is 0 Å². The van der Waals surface area contributed by atoms with E-state index in [1.165, 1.54) is 108 Å². The largest absolute Gasteiger partial charge is 1.00 e. The van der Waals surface area contributed by atoms with E-state index >= 15 is 0 Å². The molecule has 0 radical (unpaired) electrons. The molecule has 12 nitrogen and oxygen atoms in total. The van der Waals surface area contributed by atoms with Crippen LogP contribution in [0.2, 0.25) is 51.4 Å². The smallest absolute Gasteiger partial charge is 0.311 e. The Labute approximate surface area is 527 Å². The van der Waals surface area contributed by atoms with Crippen LogP contribution in [0.25, 0.3) is 0 Å². The standard InChI is InChI=1S/C60H125N5O7Si3.5CH4.2ClH/c1-16-48-33-61(39-58(66)20-5)36-53(48)24-27-56-44-65(8,9)45-57(56)28-25-54-38-63(35-50(54)18-3)41-60(68)47-70-30-22-32-74(12,13)72-75(14,15)71-73(10,11)31-21-29-69-46-59(67)40-62-34-49(17-2)52(37-62)23-26-55-43-64(6,7)42-51(55)19-4;;;;;;;/h48-60,66-68H,16-47H2,1-15H3;5*1H4;2*1H/q+2;;;;;;;/p-2. The number of aliphatic hydroxyl groups is 3. The topological polar surface area (TPSA) is 107 Å². The van der Waals surface area contributed by atoms with E-state index in [1.807, 2.05) is 0 Å². The highest BCUT2D eigenvalue weighted by molar-refractivity contribution is 6.87. The number of hydrogen-bond acceptors (Lipinski definition) is 10. The summed E-state index contributed by atoms with van der Waals surface area (Å²) in [5.41, 5.74) is 0. The molecule has 0 aromatic carbocycles. The predicted molar refractivity (Wildman–Crippen MR) is 354 cm³/mol. The van der Waals surface area contributed by atoms with E-state index in [0.717, 1.165) is 134 Å². The summed E-state index contributed by atoms with van der Waals surface area (Å²) < 4.78 is 28.4. The van der Waals surface area contributed by atoms with Crippen molar-refractivity contribution in [2.45, 2.75) is 225 Å². The van der Waals surface area contributed by atoms with Crippen LogP contribution in [0.3, 0.4) is 0 Å². The van der Waals surface area contributed by atoms with Gasteiger partial charge in [-0.2, -0.15) is 0 Å². The molecule has 5 fully saturated rings. The second-order valence-corrected chi connectivity index (χ2v) is 41.5. The number of β-amino-alcohol motifs (C(OH)–C–C–N with tert-alkyl or cyclic N) is 3. The fraction of sp³-hybridized carbons (Fsp3) is 1.00. The van der Waals surface area contributed by atoms with E-state index in [-0.39, 0.29) is 68.1 Å². The van der Waals surface area contributed by atoms with Crippen LogP contribution in [-0.4, -0.2) is 222 Å². The summed E-state index contributed by atoms with van der Waals surface area (Å²) >= 11 is 0. The molecule has 0 aromatic rings. The first-order valence-corrected chi connectivity index (χ1v) is 40.7. The third kappa shape index (κ3) is 29.6. The van der Waals surface area contributed by atoms with E-state index in [4.69, 9.17) is 17.7 Å². The monoisotopic (exact) mass is 1260 g/mol. The zero-order valence-electron chi connectivity index (χ0n) is 52.6. The molecule has 17 heteroatoms. The molecular weight excluding hydrogens is 1120 g/mol. The molecule has 0 amide bonds. The van der Waals surface area contributed by atoms with Gasteiger partial charge in [0, 0.05) is 95.8 Å². The number of hydrogen-bond donors (Lipinski definition) is 3. The van der Waals surface area contributed by atoms with Crippen LogP contribution < -0.4 is 24.8 Å².